The van der Waals surface area contributed by atoms with Gasteiger partial charge in [0.2, 0.25) is 0 Å². The van der Waals surface area contributed by atoms with Gasteiger partial charge in [-0.3, -0.25) is 4.68 Å². The summed E-state index contributed by atoms with van der Waals surface area (Å²) in [6.45, 7) is 7.57. The molecule has 1 saturated carbocycles. The van der Waals surface area contributed by atoms with Gasteiger partial charge in [-0.1, -0.05) is 19.3 Å². The summed E-state index contributed by atoms with van der Waals surface area (Å²) in [7, 11) is 0. The fourth-order valence-corrected chi connectivity index (χ4v) is 2.95. The third-order valence-corrected chi connectivity index (χ3v) is 3.98. The van der Waals surface area contributed by atoms with Gasteiger partial charge in [-0.15, -0.1) is 0 Å². The summed E-state index contributed by atoms with van der Waals surface area (Å²) in [5, 5.41) is 8.10. The van der Waals surface area contributed by atoms with E-state index in [1.165, 1.54) is 50.8 Å². The van der Waals surface area contributed by atoms with Crippen LogP contribution in [0, 0.1) is 19.8 Å². The predicted octanol–water partition coefficient (Wildman–Crippen LogP) is 3.06. The third kappa shape index (κ3) is 4.13. The SMILES string of the molecule is Cc1cc(C)n(CCCNCC2CCCCC2)n1. The van der Waals surface area contributed by atoms with E-state index in [1.807, 2.05) is 0 Å². The molecule has 3 heteroatoms. The van der Waals surface area contributed by atoms with Crippen molar-refractivity contribution in [2.24, 2.45) is 5.92 Å². The van der Waals surface area contributed by atoms with Crippen molar-refractivity contribution in [3.63, 3.8) is 0 Å². The Morgan fingerprint density at radius 3 is 2.72 bits per heavy atom. The predicted molar refractivity (Wildman–Crippen MR) is 75.8 cm³/mol. The summed E-state index contributed by atoms with van der Waals surface area (Å²) in [5.41, 5.74) is 2.41. The molecule has 0 aliphatic heterocycles. The number of rotatable bonds is 6. The topological polar surface area (TPSA) is 29.9 Å². The minimum atomic E-state index is 0.937. The molecule has 0 saturated heterocycles. The lowest BCUT2D eigenvalue weighted by atomic mass is 9.89. The summed E-state index contributed by atoms with van der Waals surface area (Å²) in [5.74, 6) is 0.937. The van der Waals surface area contributed by atoms with Gasteiger partial charge in [0, 0.05) is 12.2 Å². The lowest BCUT2D eigenvalue weighted by Crippen LogP contribution is -2.26. The summed E-state index contributed by atoms with van der Waals surface area (Å²) >= 11 is 0. The van der Waals surface area contributed by atoms with Crippen molar-refractivity contribution in [1.82, 2.24) is 15.1 Å². The zero-order chi connectivity index (χ0) is 12.8. The molecule has 0 bridgehead atoms. The Labute approximate surface area is 111 Å². The van der Waals surface area contributed by atoms with Crippen LogP contribution in [0.25, 0.3) is 0 Å². The quantitative estimate of drug-likeness (QED) is 0.785. The Kier molecular flexibility index (Phi) is 5.24. The van der Waals surface area contributed by atoms with Crippen molar-refractivity contribution in [2.75, 3.05) is 13.1 Å². The molecule has 1 heterocycles. The molecule has 1 N–H and O–H groups in total. The Balaban J connectivity index is 1.57. The maximum atomic E-state index is 4.49. The van der Waals surface area contributed by atoms with Crippen molar-refractivity contribution in [3.8, 4) is 0 Å². The number of nitrogens with one attached hydrogen (secondary N) is 1. The van der Waals surface area contributed by atoms with E-state index in [0.717, 1.165) is 24.7 Å². The van der Waals surface area contributed by atoms with E-state index in [2.05, 4.69) is 35.0 Å². The number of aromatic nitrogens is 2. The van der Waals surface area contributed by atoms with Crippen molar-refractivity contribution in [1.29, 1.82) is 0 Å². The van der Waals surface area contributed by atoms with Gasteiger partial charge in [-0.2, -0.15) is 5.10 Å². The highest BCUT2D eigenvalue weighted by atomic mass is 15.3. The van der Waals surface area contributed by atoms with Gasteiger partial charge in [0.1, 0.15) is 0 Å². The monoisotopic (exact) mass is 249 g/mol. The fraction of sp³-hybridized carbons (Fsp3) is 0.800. The highest BCUT2D eigenvalue weighted by Gasteiger charge is 2.12. The zero-order valence-electron chi connectivity index (χ0n) is 11.9. The highest BCUT2D eigenvalue weighted by Crippen LogP contribution is 2.22. The second kappa shape index (κ2) is 6.93. The molecule has 0 atom stereocenters. The van der Waals surface area contributed by atoms with E-state index < -0.39 is 0 Å². The summed E-state index contributed by atoms with van der Waals surface area (Å²) in [6.07, 6.45) is 8.38. The third-order valence-electron chi connectivity index (χ3n) is 3.98. The largest absolute Gasteiger partial charge is 0.316 e. The number of hydrogen-bond acceptors (Lipinski definition) is 2. The second-order valence-corrected chi connectivity index (χ2v) is 5.71. The molecule has 0 radical (unpaired) electrons. The molecule has 0 unspecified atom stereocenters. The summed E-state index contributed by atoms with van der Waals surface area (Å²) < 4.78 is 2.12. The van der Waals surface area contributed by atoms with Gasteiger partial charge >= 0.3 is 0 Å². The number of aryl methyl sites for hydroxylation is 3. The standard InChI is InChI=1S/C15H27N3/c1-13-11-14(2)18(17-13)10-6-9-16-12-15-7-4-3-5-8-15/h11,15-16H,3-10,12H2,1-2H3. The van der Waals surface area contributed by atoms with E-state index in [9.17, 15) is 0 Å². The van der Waals surface area contributed by atoms with E-state index in [4.69, 9.17) is 0 Å². The molecule has 18 heavy (non-hydrogen) atoms. The van der Waals surface area contributed by atoms with Crippen LogP contribution in [0.3, 0.4) is 0 Å². The van der Waals surface area contributed by atoms with Crippen LogP contribution in [0.4, 0.5) is 0 Å². The van der Waals surface area contributed by atoms with Crippen LogP contribution >= 0.6 is 0 Å². The zero-order valence-corrected chi connectivity index (χ0v) is 11.9. The first-order valence-electron chi connectivity index (χ1n) is 7.47. The van der Waals surface area contributed by atoms with E-state index in [0.29, 0.717) is 0 Å². The molecule has 1 aromatic heterocycles. The Morgan fingerprint density at radius 1 is 1.28 bits per heavy atom. The van der Waals surface area contributed by atoms with E-state index in [1.54, 1.807) is 0 Å². The molecule has 0 spiro atoms. The maximum absolute atomic E-state index is 4.49. The van der Waals surface area contributed by atoms with E-state index in [-0.39, 0.29) is 0 Å². The number of hydrogen-bond donors (Lipinski definition) is 1. The molecule has 1 fully saturated rings. The molecule has 1 aromatic rings. The first-order valence-corrected chi connectivity index (χ1v) is 7.47. The van der Waals surface area contributed by atoms with Gasteiger partial charge in [0.15, 0.2) is 0 Å². The average molecular weight is 249 g/mol. The highest BCUT2D eigenvalue weighted by molar-refractivity contribution is 5.06. The van der Waals surface area contributed by atoms with E-state index >= 15 is 0 Å². The molecule has 1 aliphatic carbocycles. The van der Waals surface area contributed by atoms with Crippen molar-refractivity contribution in [2.45, 2.75) is 58.9 Å². The van der Waals surface area contributed by atoms with Crippen molar-refractivity contribution < 1.29 is 0 Å². The van der Waals surface area contributed by atoms with Gasteiger partial charge < -0.3 is 5.32 Å². The van der Waals surface area contributed by atoms with Crippen LogP contribution in [0.5, 0.6) is 0 Å². The van der Waals surface area contributed by atoms with Crippen molar-refractivity contribution in [3.05, 3.63) is 17.5 Å². The lowest BCUT2D eigenvalue weighted by Gasteiger charge is -2.21. The summed E-state index contributed by atoms with van der Waals surface area (Å²) in [6, 6.07) is 2.15. The van der Waals surface area contributed by atoms with Gasteiger partial charge in [0.05, 0.1) is 5.69 Å². The van der Waals surface area contributed by atoms with Crippen LogP contribution in [0.1, 0.15) is 49.9 Å². The lowest BCUT2D eigenvalue weighted by molar-refractivity contribution is 0.340. The first kappa shape index (κ1) is 13.6. The van der Waals surface area contributed by atoms with Crippen molar-refractivity contribution >= 4 is 0 Å². The van der Waals surface area contributed by atoms with Gasteiger partial charge in [0.25, 0.3) is 0 Å². The molecule has 0 aromatic carbocycles. The van der Waals surface area contributed by atoms with Crippen LogP contribution in [0.15, 0.2) is 6.07 Å². The minimum absolute atomic E-state index is 0.937. The van der Waals surface area contributed by atoms with Crippen LogP contribution in [-0.2, 0) is 6.54 Å². The Hall–Kier alpha value is -0.830. The minimum Gasteiger partial charge on any atom is -0.316 e. The maximum Gasteiger partial charge on any atom is 0.0596 e. The van der Waals surface area contributed by atoms with Crippen LogP contribution < -0.4 is 5.32 Å². The molecular formula is C15H27N3. The molecular weight excluding hydrogens is 222 g/mol. The molecule has 102 valence electrons. The first-order chi connectivity index (χ1) is 8.75. The molecule has 1 aliphatic rings. The molecule has 3 nitrogen and oxygen atoms in total. The van der Waals surface area contributed by atoms with Crippen LogP contribution in [0.2, 0.25) is 0 Å². The second-order valence-electron chi connectivity index (χ2n) is 5.71. The molecule has 2 rings (SSSR count). The van der Waals surface area contributed by atoms with Gasteiger partial charge in [-0.05, 0) is 58.2 Å². The molecule has 0 amide bonds. The van der Waals surface area contributed by atoms with Gasteiger partial charge in [-0.25, -0.2) is 0 Å². The fourth-order valence-electron chi connectivity index (χ4n) is 2.95. The number of nitrogens with zero attached hydrogens (tertiary/aromatic N) is 2. The summed E-state index contributed by atoms with van der Waals surface area (Å²) in [4.78, 5) is 0. The normalized spacial score (nSPS) is 17.2. The Morgan fingerprint density at radius 2 is 2.06 bits per heavy atom. The van der Waals surface area contributed by atoms with Crippen LogP contribution in [-0.4, -0.2) is 22.9 Å². The average Bonchev–Trinajstić information content (AvgIpc) is 2.69. The smallest absolute Gasteiger partial charge is 0.0596 e. The Bertz CT molecular complexity index is 351.